The number of carbonyl (C=O) groups is 1. The van der Waals surface area contributed by atoms with Gasteiger partial charge in [0.15, 0.2) is 0 Å². The van der Waals surface area contributed by atoms with Crippen LogP contribution in [0.2, 0.25) is 0 Å². The van der Waals surface area contributed by atoms with Crippen LogP contribution in [0.15, 0.2) is 67.0 Å². The van der Waals surface area contributed by atoms with Gasteiger partial charge in [-0.1, -0.05) is 0 Å². The van der Waals surface area contributed by atoms with Crippen LogP contribution in [-0.4, -0.2) is 25.4 Å². The number of amides is 1. The van der Waals surface area contributed by atoms with Crippen LogP contribution in [0.5, 0.6) is 0 Å². The molecule has 2 aromatic heterocycles. The van der Waals surface area contributed by atoms with E-state index in [-0.39, 0.29) is 20.3 Å². The molecule has 5 heteroatoms. The summed E-state index contributed by atoms with van der Waals surface area (Å²) in [5.74, 6) is -0.726. The number of nitrogens with zero attached hydrogens (tertiary/aromatic N) is 1. The van der Waals surface area contributed by atoms with E-state index >= 15 is 0 Å². The topological polar surface area (TPSA) is 56.0 Å². The van der Waals surface area contributed by atoms with Crippen LogP contribution in [0.25, 0.3) is 30.8 Å². The fourth-order valence-corrected chi connectivity index (χ4v) is 5.40. The average Bonchev–Trinajstić information content (AvgIpc) is 3.02. The van der Waals surface area contributed by atoms with Crippen LogP contribution >= 0.6 is 0 Å². The molecule has 1 amide bonds. The summed E-state index contributed by atoms with van der Waals surface area (Å²) in [5.41, 5.74) is 8.97. The van der Waals surface area contributed by atoms with E-state index < -0.39 is 5.91 Å². The van der Waals surface area contributed by atoms with E-state index in [1.165, 1.54) is 20.8 Å². The standard InChI is InChI=1S/C20H13FN2OSe/c21-15-4-1-12(2-5-15)18-16-11-14(20(22)24)3-6-17(16)25-19(18)13-7-9-23-10-8-13/h1-11H,(H2,22,24). The van der Waals surface area contributed by atoms with Gasteiger partial charge in [-0.15, -0.1) is 0 Å². The van der Waals surface area contributed by atoms with E-state index in [2.05, 4.69) is 4.98 Å². The molecule has 4 rings (SSSR count). The fraction of sp³-hybridized carbons (Fsp3) is 0. The summed E-state index contributed by atoms with van der Waals surface area (Å²) in [5, 5.41) is 0.995. The minimum atomic E-state index is -0.453. The second kappa shape index (κ2) is 6.28. The molecular formula is C20H13FN2OSe. The molecule has 25 heavy (non-hydrogen) atoms. The van der Waals surface area contributed by atoms with Crippen LogP contribution in [0.1, 0.15) is 10.4 Å². The molecule has 0 bridgehead atoms. The predicted molar refractivity (Wildman–Crippen MR) is 98.0 cm³/mol. The molecule has 0 spiro atoms. The molecule has 2 aromatic carbocycles. The predicted octanol–water partition coefficient (Wildman–Crippen LogP) is 3.86. The molecule has 0 aliphatic heterocycles. The number of fused-ring (bicyclic) bond motifs is 1. The Bertz CT molecular complexity index is 1070. The van der Waals surface area contributed by atoms with Gasteiger partial charge in [0.25, 0.3) is 0 Å². The number of aromatic nitrogens is 1. The van der Waals surface area contributed by atoms with Gasteiger partial charge >= 0.3 is 149 Å². The summed E-state index contributed by atoms with van der Waals surface area (Å²) in [6.45, 7) is 0. The fourth-order valence-electron chi connectivity index (χ4n) is 2.86. The van der Waals surface area contributed by atoms with Gasteiger partial charge in [0.1, 0.15) is 0 Å². The van der Waals surface area contributed by atoms with Crippen molar-refractivity contribution in [2.45, 2.75) is 0 Å². The second-order valence-corrected chi connectivity index (χ2v) is 7.83. The van der Waals surface area contributed by atoms with E-state index in [1.54, 1.807) is 30.6 Å². The number of hydrogen-bond donors (Lipinski definition) is 1. The first-order valence-corrected chi connectivity index (χ1v) is 9.37. The first-order chi connectivity index (χ1) is 12.1. The minimum absolute atomic E-state index is 0.0799. The zero-order chi connectivity index (χ0) is 17.4. The molecule has 0 unspecified atom stereocenters. The van der Waals surface area contributed by atoms with Crippen molar-refractivity contribution in [2.75, 3.05) is 0 Å². The van der Waals surface area contributed by atoms with Gasteiger partial charge in [0, 0.05) is 0 Å². The Hall–Kier alpha value is -2.75. The van der Waals surface area contributed by atoms with Gasteiger partial charge in [-0.05, 0) is 0 Å². The Labute approximate surface area is 149 Å². The van der Waals surface area contributed by atoms with E-state index in [1.807, 2.05) is 24.3 Å². The molecule has 122 valence electrons. The molecule has 2 N–H and O–H groups in total. The number of halogens is 1. The van der Waals surface area contributed by atoms with Gasteiger partial charge in [-0.25, -0.2) is 0 Å². The van der Waals surface area contributed by atoms with E-state index in [9.17, 15) is 9.18 Å². The normalized spacial score (nSPS) is 10.9. The molecule has 4 aromatic rings. The Morgan fingerprint density at radius 3 is 2.36 bits per heavy atom. The Kier molecular flexibility index (Phi) is 3.96. The zero-order valence-electron chi connectivity index (χ0n) is 13.1. The van der Waals surface area contributed by atoms with Gasteiger partial charge in [0.05, 0.1) is 0 Å². The quantitative estimate of drug-likeness (QED) is 0.536. The van der Waals surface area contributed by atoms with E-state index in [0.29, 0.717) is 5.56 Å². The average molecular weight is 395 g/mol. The van der Waals surface area contributed by atoms with Crippen molar-refractivity contribution < 1.29 is 9.18 Å². The van der Waals surface area contributed by atoms with Crippen molar-refractivity contribution in [3.63, 3.8) is 0 Å². The number of pyridine rings is 1. The summed E-state index contributed by atoms with van der Waals surface area (Å²) in [6, 6.07) is 16.0. The van der Waals surface area contributed by atoms with Gasteiger partial charge in [-0.2, -0.15) is 0 Å². The molecule has 2 heterocycles. The number of nitrogens with two attached hydrogens (primary N) is 1. The number of carbonyl (C=O) groups excluding carboxylic acids is 1. The number of benzene rings is 2. The van der Waals surface area contributed by atoms with E-state index in [4.69, 9.17) is 5.73 Å². The van der Waals surface area contributed by atoms with Crippen molar-refractivity contribution in [3.05, 3.63) is 78.4 Å². The Morgan fingerprint density at radius 1 is 0.960 bits per heavy atom. The first-order valence-electron chi connectivity index (χ1n) is 7.66. The van der Waals surface area contributed by atoms with E-state index in [0.717, 1.165) is 22.1 Å². The SMILES string of the molecule is NC(=O)c1ccc2[se]c(-c3ccncc3)c(-c3ccc(F)cc3)c2c1. The summed E-state index contributed by atoms with van der Waals surface area (Å²) in [4.78, 5) is 15.7. The summed E-state index contributed by atoms with van der Waals surface area (Å²) in [7, 11) is 0. The maximum absolute atomic E-state index is 13.4. The van der Waals surface area contributed by atoms with Gasteiger partial charge < -0.3 is 0 Å². The van der Waals surface area contributed by atoms with Crippen LogP contribution < -0.4 is 5.73 Å². The molecule has 3 nitrogen and oxygen atoms in total. The third-order valence-electron chi connectivity index (χ3n) is 4.05. The zero-order valence-corrected chi connectivity index (χ0v) is 14.8. The summed E-state index contributed by atoms with van der Waals surface area (Å²) in [6.07, 6.45) is 3.52. The summed E-state index contributed by atoms with van der Waals surface area (Å²) < 4.78 is 15.8. The van der Waals surface area contributed by atoms with Crippen LogP contribution in [-0.2, 0) is 0 Å². The number of primary amides is 1. The molecule has 0 radical (unpaired) electrons. The van der Waals surface area contributed by atoms with Gasteiger partial charge in [-0.3, -0.25) is 0 Å². The maximum atomic E-state index is 13.4. The molecule has 0 aliphatic carbocycles. The Balaban J connectivity index is 2.05. The Morgan fingerprint density at radius 2 is 1.68 bits per heavy atom. The van der Waals surface area contributed by atoms with Crippen LogP contribution in [0.4, 0.5) is 4.39 Å². The molecular weight excluding hydrogens is 382 g/mol. The molecule has 0 saturated carbocycles. The van der Waals surface area contributed by atoms with Crippen LogP contribution in [0.3, 0.4) is 0 Å². The van der Waals surface area contributed by atoms with Crippen molar-refractivity contribution in [1.82, 2.24) is 4.98 Å². The molecule has 0 saturated heterocycles. The third-order valence-corrected chi connectivity index (χ3v) is 6.61. The van der Waals surface area contributed by atoms with Gasteiger partial charge in [0.2, 0.25) is 0 Å². The number of rotatable bonds is 3. The number of hydrogen-bond acceptors (Lipinski definition) is 2. The molecule has 0 fully saturated rings. The first kappa shape index (κ1) is 15.8. The third kappa shape index (κ3) is 2.88. The van der Waals surface area contributed by atoms with Crippen molar-refractivity contribution in [3.8, 4) is 21.1 Å². The van der Waals surface area contributed by atoms with Crippen molar-refractivity contribution in [1.29, 1.82) is 0 Å². The van der Waals surface area contributed by atoms with Crippen LogP contribution in [0, 0.1) is 5.82 Å². The monoisotopic (exact) mass is 396 g/mol. The second-order valence-electron chi connectivity index (χ2n) is 5.62. The van der Waals surface area contributed by atoms with Crippen molar-refractivity contribution >= 4 is 30.1 Å². The molecule has 0 aliphatic rings. The van der Waals surface area contributed by atoms with Crippen molar-refractivity contribution in [2.24, 2.45) is 5.73 Å². The summed E-state index contributed by atoms with van der Waals surface area (Å²) >= 11 is 0.0799. The molecule has 0 atom stereocenters.